The third-order valence-electron chi connectivity index (χ3n) is 4.29. The highest BCUT2D eigenvalue weighted by atomic mass is 79.9. The summed E-state index contributed by atoms with van der Waals surface area (Å²) >= 11 is 15.5. The number of ether oxygens (including phenoxy) is 2. The summed E-state index contributed by atoms with van der Waals surface area (Å²) in [6, 6.07) is 17.0. The molecule has 0 amide bonds. The molecule has 3 aromatic rings. The van der Waals surface area contributed by atoms with Gasteiger partial charge >= 0.3 is 0 Å². The van der Waals surface area contributed by atoms with Gasteiger partial charge in [-0.2, -0.15) is 5.26 Å². The van der Waals surface area contributed by atoms with Crippen LogP contribution in [-0.2, 0) is 6.61 Å². The largest absolute Gasteiger partial charge is 0.490 e. The zero-order chi connectivity index (χ0) is 22.4. The maximum absolute atomic E-state index is 14.1. The van der Waals surface area contributed by atoms with E-state index in [1.807, 2.05) is 13.0 Å². The fourth-order valence-corrected chi connectivity index (χ4v) is 3.77. The minimum absolute atomic E-state index is 0.205. The van der Waals surface area contributed by atoms with E-state index in [1.165, 1.54) is 6.07 Å². The number of nitriles is 1. The van der Waals surface area contributed by atoms with E-state index in [4.69, 9.17) is 32.7 Å². The lowest BCUT2D eigenvalue weighted by molar-refractivity contribution is 0.267. The first kappa shape index (κ1) is 23.1. The molecule has 31 heavy (non-hydrogen) atoms. The van der Waals surface area contributed by atoms with Gasteiger partial charge in [0.2, 0.25) is 0 Å². The standard InChI is InChI=1S/C24H17BrCl2FNO2/c1-2-30-23-12-16(9-17(13-29)18-5-3-4-6-22(18)28)10-19(25)24(23)31-14-15-7-8-20(26)21(27)11-15/h3-12H,2,14H2,1H3/b17-9-. The minimum Gasteiger partial charge on any atom is -0.490 e. The number of halogens is 4. The van der Waals surface area contributed by atoms with Crippen LogP contribution in [-0.4, -0.2) is 6.61 Å². The second-order valence-corrected chi connectivity index (χ2v) is 8.12. The van der Waals surface area contributed by atoms with Crippen LogP contribution in [0.3, 0.4) is 0 Å². The Kier molecular flexibility index (Phi) is 7.97. The van der Waals surface area contributed by atoms with Crippen LogP contribution in [0.2, 0.25) is 10.0 Å². The molecule has 0 aliphatic carbocycles. The Morgan fingerprint density at radius 3 is 2.55 bits per heavy atom. The van der Waals surface area contributed by atoms with Crippen molar-refractivity contribution in [3.05, 3.63) is 91.6 Å². The molecule has 0 heterocycles. The van der Waals surface area contributed by atoms with Crippen molar-refractivity contribution in [1.29, 1.82) is 5.26 Å². The monoisotopic (exact) mass is 519 g/mol. The molecular weight excluding hydrogens is 504 g/mol. The first-order chi connectivity index (χ1) is 14.9. The van der Waals surface area contributed by atoms with Crippen molar-refractivity contribution in [3.63, 3.8) is 0 Å². The van der Waals surface area contributed by atoms with Crippen LogP contribution >= 0.6 is 39.1 Å². The molecule has 7 heteroatoms. The molecule has 158 valence electrons. The van der Waals surface area contributed by atoms with E-state index >= 15 is 0 Å². The van der Waals surface area contributed by atoms with Crippen LogP contribution in [0.4, 0.5) is 4.39 Å². The maximum Gasteiger partial charge on any atom is 0.175 e. The molecule has 3 nitrogen and oxygen atoms in total. The third-order valence-corrected chi connectivity index (χ3v) is 5.62. The molecule has 0 aliphatic rings. The topological polar surface area (TPSA) is 42.2 Å². The highest BCUT2D eigenvalue weighted by Crippen LogP contribution is 2.38. The Balaban J connectivity index is 1.93. The van der Waals surface area contributed by atoms with Crippen molar-refractivity contribution >= 4 is 50.8 Å². The SMILES string of the molecule is CCOc1cc(/C=C(/C#N)c2ccccc2F)cc(Br)c1OCc1ccc(Cl)c(Cl)c1. The number of rotatable bonds is 7. The number of hydrogen-bond donors (Lipinski definition) is 0. The summed E-state index contributed by atoms with van der Waals surface area (Å²) in [5, 5.41) is 10.5. The number of nitrogens with zero attached hydrogens (tertiary/aromatic N) is 1. The van der Waals surface area contributed by atoms with E-state index < -0.39 is 5.82 Å². The Hall–Kier alpha value is -2.52. The van der Waals surface area contributed by atoms with Crippen LogP contribution in [0.1, 0.15) is 23.6 Å². The van der Waals surface area contributed by atoms with Gasteiger partial charge in [-0.3, -0.25) is 0 Å². The van der Waals surface area contributed by atoms with Crippen LogP contribution < -0.4 is 9.47 Å². The average Bonchev–Trinajstić information content (AvgIpc) is 2.74. The van der Waals surface area contributed by atoms with Crippen LogP contribution in [0.5, 0.6) is 11.5 Å². The van der Waals surface area contributed by atoms with Gasteiger partial charge < -0.3 is 9.47 Å². The molecule has 0 spiro atoms. The molecule has 0 saturated heterocycles. The summed E-state index contributed by atoms with van der Waals surface area (Å²) in [7, 11) is 0. The quantitative estimate of drug-likeness (QED) is 0.234. The van der Waals surface area contributed by atoms with E-state index in [0.717, 1.165) is 5.56 Å². The number of benzene rings is 3. The zero-order valence-electron chi connectivity index (χ0n) is 16.5. The third kappa shape index (κ3) is 5.80. The first-order valence-electron chi connectivity index (χ1n) is 9.32. The van der Waals surface area contributed by atoms with Gasteiger partial charge in [-0.25, -0.2) is 4.39 Å². The number of allylic oxidation sites excluding steroid dienone is 1. The van der Waals surface area contributed by atoms with Crippen LogP contribution in [0, 0.1) is 17.1 Å². The van der Waals surface area contributed by atoms with Gasteiger partial charge in [-0.15, -0.1) is 0 Å². The summed E-state index contributed by atoms with van der Waals surface area (Å²) in [6.07, 6.45) is 1.61. The fourth-order valence-electron chi connectivity index (χ4n) is 2.88. The van der Waals surface area contributed by atoms with E-state index in [1.54, 1.807) is 48.5 Å². The van der Waals surface area contributed by atoms with Crippen LogP contribution in [0.15, 0.2) is 59.1 Å². The predicted molar refractivity (Wildman–Crippen MR) is 126 cm³/mol. The smallest absolute Gasteiger partial charge is 0.175 e. The van der Waals surface area contributed by atoms with Crippen molar-refractivity contribution in [1.82, 2.24) is 0 Å². The molecule has 0 N–H and O–H groups in total. The lowest BCUT2D eigenvalue weighted by Crippen LogP contribution is -2.01. The van der Waals surface area contributed by atoms with Crippen molar-refractivity contribution in [2.75, 3.05) is 6.61 Å². The first-order valence-corrected chi connectivity index (χ1v) is 10.9. The molecule has 0 aromatic heterocycles. The number of hydrogen-bond acceptors (Lipinski definition) is 3. The molecular formula is C24H17BrCl2FNO2. The average molecular weight is 521 g/mol. The molecule has 3 aromatic carbocycles. The summed E-state index contributed by atoms with van der Waals surface area (Å²) in [4.78, 5) is 0. The van der Waals surface area contributed by atoms with Crippen molar-refractivity contribution < 1.29 is 13.9 Å². The summed E-state index contributed by atoms with van der Waals surface area (Å²) in [6.45, 7) is 2.53. The zero-order valence-corrected chi connectivity index (χ0v) is 19.6. The van der Waals surface area contributed by atoms with Gasteiger partial charge in [-0.1, -0.05) is 47.5 Å². The van der Waals surface area contributed by atoms with Gasteiger partial charge in [0.15, 0.2) is 11.5 Å². The normalized spacial score (nSPS) is 11.2. The van der Waals surface area contributed by atoms with Gasteiger partial charge in [0.05, 0.1) is 32.8 Å². The molecule has 0 fully saturated rings. The molecule has 0 radical (unpaired) electrons. The van der Waals surface area contributed by atoms with Crippen LogP contribution in [0.25, 0.3) is 11.6 Å². The van der Waals surface area contributed by atoms with Crippen molar-refractivity contribution in [3.8, 4) is 17.6 Å². The van der Waals surface area contributed by atoms with E-state index in [-0.39, 0.29) is 17.7 Å². The molecule has 0 bridgehead atoms. The van der Waals surface area contributed by atoms with Gasteiger partial charge in [0.25, 0.3) is 0 Å². The second kappa shape index (κ2) is 10.7. The fraction of sp³-hybridized carbons (Fsp3) is 0.125. The second-order valence-electron chi connectivity index (χ2n) is 6.45. The Labute approximate surface area is 198 Å². The van der Waals surface area contributed by atoms with Gasteiger partial charge in [0.1, 0.15) is 12.4 Å². The minimum atomic E-state index is -0.457. The van der Waals surface area contributed by atoms with Crippen molar-refractivity contribution in [2.24, 2.45) is 0 Å². The molecule has 0 atom stereocenters. The Morgan fingerprint density at radius 2 is 1.87 bits per heavy atom. The molecule has 0 saturated carbocycles. The summed E-state index contributed by atoms with van der Waals surface area (Å²) in [5.41, 5.74) is 1.95. The maximum atomic E-state index is 14.1. The highest BCUT2D eigenvalue weighted by molar-refractivity contribution is 9.10. The Morgan fingerprint density at radius 1 is 1.10 bits per heavy atom. The Bertz CT molecular complexity index is 1170. The summed E-state index contributed by atoms with van der Waals surface area (Å²) in [5.74, 6) is 0.546. The lowest BCUT2D eigenvalue weighted by Gasteiger charge is -2.15. The van der Waals surface area contributed by atoms with E-state index in [0.29, 0.717) is 38.2 Å². The van der Waals surface area contributed by atoms with E-state index in [9.17, 15) is 9.65 Å². The highest BCUT2D eigenvalue weighted by Gasteiger charge is 2.14. The molecule has 0 aliphatic heterocycles. The van der Waals surface area contributed by atoms with Gasteiger partial charge in [0, 0.05) is 5.56 Å². The van der Waals surface area contributed by atoms with E-state index in [2.05, 4.69) is 22.0 Å². The predicted octanol–water partition coefficient (Wildman–Crippen LogP) is 7.94. The molecule has 3 rings (SSSR count). The van der Waals surface area contributed by atoms with Crippen molar-refractivity contribution in [2.45, 2.75) is 13.5 Å². The molecule has 0 unspecified atom stereocenters. The summed E-state index contributed by atoms with van der Waals surface area (Å²) < 4.78 is 26.5. The lowest BCUT2D eigenvalue weighted by atomic mass is 10.0. The van der Waals surface area contributed by atoms with Gasteiger partial charge in [-0.05, 0) is 70.4 Å².